The number of fused-ring (bicyclic) bond motifs is 1. The zero-order chi connectivity index (χ0) is 19.7. The SMILES string of the molecule is Cc1nn(CC(C)C)c2sc(C(=O)NC[C@@H](c3ccco3)N3CCCC3)cc12. The van der Waals surface area contributed by atoms with E-state index in [1.54, 1.807) is 6.26 Å². The zero-order valence-electron chi connectivity index (χ0n) is 16.8. The number of hydrogen-bond donors (Lipinski definition) is 1. The van der Waals surface area contributed by atoms with E-state index >= 15 is 0 Å². The van der Waals surface area contributed by atoms with E-state index in [1.807, 2.05) is 29.8 Å². The van der Waals surface area contributed by atoms with Crippen LogP contribution < -0.4 is 5.32 Å². The van der Waals surface area contributed by atoms with Crippen LogP contribution in [-0.4, -0.2) is 40.2 Å². The van der Waals surface area contributed by atoms with Gasteiger partial charge in [0.05, 0.1) is 22.9 Å². The number of rotatable bonds is 7. The minimum absolute atomic E-state index is 0.0209. The van der Waals surface area contributed by atoms with E-state index < -0.39 is 0 Å². The van der Waals surface area contributed by atoms with Crippen molar-refractivity contribution in [2.24, 2.45) is 5.92 Å². The number of aryl methyl sites for hydroxylation is 1. The van der Waals surface area contributed by atoms with Gasteiger partial charge in [0.15, 0.2) is 0 Å². The second kappa shape index (κ2) is 8.09. The van der Waals surface area contributed by atoms with Crippen LogP contribution in [0.5, 0.6) is 0 Å². The summed E-state index contributed by atoms with van der Waals surface area (Å²) in [4.78, 5) is 17.1. The number of hydrogen-bond acceptors (Lipinski definition) is 5. The van der Waals surface area contributed by atoms with Crippen LogP contribution >= 0.6 is 11.3 Å². The van der Waals surface area contributed by atoms with Gasteiger partial charge in [0.2, 0.25) is 0 Å². The molecule has 0 saturated carbocycles. The van der Waals surface area contributed by atoms with E-state index in [0.717, 1.165) is 46.2 Å². The Hall–Kier alpha value is -2.12. The van der Waals surface area contributed by atoms with Crippen LogP contribution in [0, 0.1) is 12.8 Å². The monoisotopic (exact) mass is 400 g/mol. The normalized spacial score (nSPS) is 16.3. The molecular formula is C21H28N4O2S. The quantitative estimate of drug-likeness (QED) is 0.645. The van der Waals surface area contributed by atoms with Crippen LogP contribution in [0.3, 0.4) is 0 Å². The summed E-state index contributed by atoms with van der Waals surface area (Å²) in [5, 5.41) is 8.84. The molecule has 1 saturated heterocycles. The van der Waals surface area contributed by atoms with Crippen molar-refractivity contribution in [3.63, 3.8) is 0 Å². The fourth-order valence-electron chi connectivity index (χ4n) is 3.91. The summed E-state index contributed by atoms with van der Waals surface area (Å²) < 4.78 is 7.68. The highest BCUT2D eigenvalue weighted by Crippen LogP contribution is 2.29. The summed E-state index contributed by atoms with van der Waals surface area (Å²) in [7, 11) is 0. The number of thiophene rings is 1. The van der Waals surface area contributed by atoms with Crippen molar-refractivity contribution in [1.29, 1.82) is 0 Å². The Balaban J connectivity index is 1.49. The highest BCUT2D eigenvalue weighted by Gasteiger charge is 2.26. The van der Waals surface area contributed by atoms with Crippen LogP contribution in [0.25, 0.3) is 10.2 Å². The van der Waals surface area contributed by atoms with Crippen molar-refractivity contribution in [3.8, 4) is 0 Å². The molecule has 0 unspecified atom stereocenters. The van der Waals surface area contributed by atoms with Crippen molar-refractivity contribution in [2.45, 2.75) is 46.2 Å². The minimum Gasteiger partial charge on any atom is -0.468 e. The van der Waals surface area contributed by atoms with Gasteiger partial charge >= 0.3 is 0 Å². The van der Waals surface area contributed by atoms with Gasteiger partial charge in [0, 0.05) is 18.5 Å². The summed E-state index contributed by atoms with van der Waals surface area (Å²) in [5.74, 6) is 1.41. The minimum atomic E-state index is -0.0209. The Morgan fingerprint density at radius 2 is 2.14 bits per heavy atom. The largest absolute Gasteiger partial charge is 0.468 e. The Morgan fingerprint density at radius 1 is 1.36 bits per heavy atom. The zero-order valence-corrected chi connectivity index (χ0v) is 17.6. The van der Waals surface area contributed by atoms with Crippen LogP contribution in [0.4, 0.5) is 0 Å². The van der Waals surface area contributed by atoms with E-state index in [-0.39, 0.29) is 11.9 Å². The third-order valence-corrected chi connectivity index (χ3v) is 6.43. The summed E-state index contributed by atoms with van der Waals surface area (Å²) >= 11 is 1.53. The topological polar surface area (TPSA) is 63.3 Å². The third-order valence-electron chi connectivity index (χ3n) is 5.28. The molecule has 1 N–H and O–H groups in total. The summed E-state index contributed by atoms with van der Waals surface area (Å²) in [6, 6.07) is 5.98. The van der Waals surface area contributed by atoms with Gasteiger partial charge < -0.3 is 9.73 Å². The maximum atomic E-state index is 12.9. The third kappa shape index (κ3) is 3.86. The summed E-state index contributed by atoms with van der Waals surface area (Å²) in [6.45, 7) is 9.88. The van der Waals surface area contributed by atoms with Crippen molar-refractivity contribution in [1.82, 2.24) is 20.0 Å². The van der Waals surface area contributed by atoms with E-state index in [4.69, 9.17) is 4.42 Å². The number of furan rings is 1. The average molecular weight is 401 g/mol. The molecule has 4 rings (SSSR count). The van der Waals surface area contributed by atoms with Crippen molar-refractivity contribution < 1.29 is 9.21 Å². The van der Waals surface area contributed by atoms with Crippen LogP contribution in [0.1, 0.15) is 53.9 Å². The Bertz CT molecular complexity index is 935. The molecule has 0 radical (unpaired) electrons. The number of nitrogens with zero attached hydrogens (tertiary/aromatic N) is 3. The number of aromatic nitrogens is 2. The molecule has 3 aromatic rings. The van der Waals surface area contributed by atoms with E-state index in [2.05, 4.69) is 29.2 Å². The van der Waals surface area contributed by atoms with E-state index in [0.29, 0.717) is 12.5 Å². The molecule has 0 spiro atoms. The first-order chi connectivity index (χ1) is 13.5. The second-order valence-corrected chi connectivity index (χ2v) is 9.01. The molecular weight excluding hydrogens is 372 g/mol. The molecule has 3 aromatic heterocycles. The summed E-state index contributed by atoms with van der Waals surface area (Å²) in [6.07, 6.45) is 4.11. The maximum Gasteiger partial charge on any atom is 0.261 e. The van der Waals surface area contributed by atoms with Gasteiger partial charge in [0.1, 0.15) is 10.6 Å². The van der Waals surface area contributed by atoms with Crippen LogP contribution in [-0.2, 0) is 6.54 Å². The number of carbonyl (C=O) groups excluding carboxylic acids is 1. The van der Waals surface area contributed by atoms with Crippen LogP contribution in [0.15, 0.2) is 28.9 Å². The lowest BCUT2D eigenvalue weighted by molar-refractivity contribution is 0.0938. The first-order valence-electron chi connectivity index (χ1n) is 10.1. The number of amides is 1. The molecule has 4 heterocycles. The molecule has 150 valence electrons. The lowest BCUT2D eigenvalue weighted by Gasteiger charge is -2.25. The molecule has 1 amide bonds. The molecule has 6 nitrogen and oxygen atoms in total. The predicted molar refractivity (Wildman–Crippen MR) is 112 cm³/mol. The molecule has 28 heavy (non-hydrogen) atoms. The molecule has 1 aliphatic rings. The highest BCUT2D eigenvalue weighted by molar-refractivity contribution is 7.20. The Kier molecular flexibility index (Phi) is 5.55. The lowest BCUT2D eigenvalue weighted by Crippen LogP contribution is -2.36. The fourth-order valence-corrected chi connectivity index (χ4v) is 5.00. The molecule has 0 aliphatic carbocycles. The maximum absolute atomic E-state index is 12.9. The molecule has 0 aromatic carbocycles. The smallest absolute Gasteiger partial charge is 0.261 e. The molecule has 1 atom stereocenters. The number of carbonyl (C=O) groups is 1. The number of nitrogens with one attached hydrogen (secondary N) is 1. The molecule has 1 aliphatic heterocycles. The van der Waals surface area contributed by atoms with Crippen molar-refractivity contribution in [3.05, 3.63) is 40.8 Å². The van der Waals surface area contributed by atoms with Gasteiger partial charge in [-0.15, -0.1) is 11.3 Å². The first-order valence-corrected chi connectivity index (χ1v) is 10.9. The second-order valence-electron chi connectivity index (χ2n) is 7.98. The Labute approximate surface area is 169 Å². The number of likely N-dealkylation sites (tertiary alicyclic amines) is 1. The van der Waals surface area contributed by atoms with Gasteiger partial charge in [-0.25, -0.2) is 0 Å². The lowest BCUT2D eigenvalue weighted by atomic mass is 10.2. The van der Waals surface area contributed by atoms with Gasteiger partial charge in [0.25, 0.3) is 5.91 Å². The van der Waals surface area contributed by atoms with Crippen molar-refractivity contribution >= 4 is 27.5 Å². The van der Waals surface area contributed by atoms with Gasteiger partial charge in [-0.2, -0.15) is 5.10 Å². The van der Waals surface area contributed by atoms with Gasteiger partial charge in [-0.1, -0.05) is 13.8 Å². The fraction of sp³-hybridized carbons (Fsp3) is 0.524. The molecule has 1 fully saturated rings. The summed E-state index contributed by atoms with van der Waals surface area (Å²) in [5.41, 5.74) is 0.983. The van der Waals surface area contributed by atoms with E-state index in [1.165, 1.54) is 24.2 Å². The molecule has 0 bridgehead atoms. The highest BCUT2D eigenvalue weighted by atomic mass is 32.1. The predicted octanol–water partition coefficient (Wildman–Crippen LogP) is 4.22. The molecule has 7 heteroatoms. The standard InChI is InChI=1S/C21H28N4O2S/c1-14(2)13-25-21-16(15(3)23-25)11-19(28-21)20(26)22-12-17(18-7-6-10-27-18)24-8-4-5-9-24/h6-7,10-11,14,17H,4-5,8-9,12-13H2,1-3H3,(H,22,26)/t17-/m0/s1. The van der Waals surface area contributed by atoms with Crippen molar-refractivity contribution in [2.75, 3.05) is 19.6 Å². The van der Waals surface area contributed by atoms with Gasteiger partial charge in [-0.05, 0) is 57.0 Å². The Morgan fingerprint density at radius 3 is 2.82 bits per heavy atom. The van der Waals surface area contributed by atoms with Gasteiger partial charge in [-0.3, -0.25) is 14.4 Å². The first kappa shape index (κ1) is 19.2. The van der Waals surface area contributed by atoms with E-state index in [9.17, 15) is 4.79 Å². The average Bonchev–Trinajstić information content (AvgIpc) is 3.42. The van der Waals surface area contributed by atoms with Crippen LogP contribution in [0.2, 0.25) is 0 Å².